The summed E-state index contributed by atoms with van der Waals surface area (Å²) in [4.78, 5) is 12.5. The molecule has 2 N–H and O–H groups in total. The van der Waals surface area contributed by atoms with Crippen LogP contribution in [0.2, 0.25) is 0 Å². The Morgan fingerprint density at radius 3 is 2.83 bits per heavy atom. The summed E-state index contributed by atoms with van der Waals surface area (Å²) in [5, 5.41) is 4.02. The molecule has 36 heavy (non-hydrogen) atoms. The van der Waals surface area contributed by atoms with E-state index in [0.717, 1.165) is 9.65 Å². The summed E-state index contributed by atoms with van der Waals surface area (Å²) in [6.45, 7) is 0.153. The fourth-order valence-corrected chi connectivity index (χ4v) is 5.25. The van der Waals surface area contributed by atoms with E-state index in [2.05, 4.69) is 32.2 Å². The lowest BCUT2D eigenvalue weighted by molar-refractivity contribution is 0.174. The highest BCUT2D eigenvalue weighted by Gasteiger charge is 2.26. The fourth-order valence-electron chi connectivity index (χ4n) is 3.93. The van der Waals surface area contributed by atoms with Gasteiger partial charge in [0.2, 0.25) is 6.79 Å². The summed E-state index contributed by atoms with van der Waals surface area (Å²) in [5.74, 6) is 1.25. The van der Waals surface area contributed by atoms with Gasteiger partial charge in [-0.25, -0.2) is 4.98 Å². The van der Waals surface area contributed by atoms with Gasteiger partial charge in [0.05, 0.1) is 12.4 Å². The minimum atomic E-state index is -4.17. The molecule has 0 saturated heterocycles. The minimum Gasteiger partial charge on any atom is -0.454 e. The highest BCUT2D eigenvalue weighted by molar-refractivity contribution is 7.90. The number of hydrogen-bond acceptors (Lipinski definition) is 9. The first-order valence-electron chi connectivity index (χ1n) is 10.6. The molecule has 0 spiro atoms. The van der Waals surface area contributed by atoms with Crippen LogP contribution >= 0.6 is 0 Å². The lowest BCUT2D eigenvalue weighted by Crippen LogP contribution is -2.16. The van der Waals surface area contributed by atoms with Crippen molar-refractivity contribution in [1.29, 1.82) is 0 Å². The van der Waals surface area contributed by atoms with Gasteiger partial charge in [0.1, 0.15) is 11.0 Å². The van der Waals surface area contributed by atoms with Crippen LogP contribution < -0.4 is 15.2 Å². The largest absolute Gasteiger partial charge is 0.454 e. The number of benzene rings is 1. The topological polar surface area (TPSA) is 139 Å². The average Bonchev–Trinajstić information content (AvgIpc) is 3.64. The Labute approximate surface area is 205 Å². The van der Waals surface area contributed by atoms with Crippen LogP contribution in [0.25, 0.3) is 33.4 Å². The van der Waals surface area contributed by atoms with Crippen molar-refractivity contribution in [3.8, 4) is 22.6 Å². The Bertz CT molecular complexity index is 1820. The van der Waals surface area contributed by atoms with Gasteiger partial charge in [-0.05, 0) is 35.9 Å². The fraction of sp³-hybridized carbons (Fsp3) is 0.0833. The van der Waals surface area contributed by atoms with Crippen molar-refractivity contribution in [2.24, 2.45) is 10.7 Å². The minimum absolute atomic E-state index is 0.0927. The molecule has 178 valence electrons. The Kier molecular flexibility index (Phi) is 4.87. The second-order valence-corrected chi connectivity index (χ2v) is 9.50. The van der Waals surface area contributed by atoms with Crippen molar-refractivity contribution in [3.05, 3.63) is 72.9 Å². The molecule has 0 saturated carbocycles. The summed E-state index contributed by atoms with van der Waals surface area (Å²) in [5.41, 5.74) is 9.23. The van der Waals surface area contributed by atoms with Crippen LogP contribution in [0.5, 0.6) is 11.5 Å². The summed E-state index contributed by atoms with van der Waals surface area (Å²) in [6.07, 6.45) is 8.80. The van der Waals surface area contributed by atoms with Crippen LogP contribution in [0.15, 0.2) is 65.3 Å². The molecule has 1 aliphatic heterocycles. The number of hydrogen-bond donors (Lipinski definition) is 1. The smallest absolute Gasteiger partial charge is 0.301 e. The van der Waals surface area contributed by atoms with E-state index >= 15 is 0 Å². The molecular formula is C24H17N7O4S. The van der Waals surface area contributed by atoms with Gasteiger partial charge >= 0.3 is 10.0 Å². The van der Waals surface area contributed by atoms with Crippen molar-refractivity contribution >= 4 is 38.5 Å². The van der Waals surface area contributed by atoms with Crippen molar-refractivity contribution in [2.45, 2.75) is 5.03 Å². The molecule has 0 amide bonds. The monoisotopic (exact) mass is 499 g/mol. The lowest BCUT2D eigenvalue weighted by atomic mass is 10.1. The highest BCUT2D eigenvalue weighted by Crippen LogP contribution is 2.35. The molecule has 11 nitrogen and oxygen atoms in total. The number of ether oxygens (including phenoxy) is 2. The molecule has 0 unspecified atom stereocenters. The number of rotatable bonds is 5. The first-order valence-corrected chi connectivity index (χ1v) is 12.1. The molecule has 6 rings (SSSR count). The third-order valence-electron chi connectivity index (χ3n) is 5.68. The van der Waals surface area contributed by atoms with E-state index in [1.807, 2.05) is 6.07 Å². The standard InChI is InChI=1S/C24H17N7O4S/c1-26-9-18(8-25)17-6-20-19(27-10-17)11-29-31(20)36(32,33)24-12-28-23-5-3-16(13-30(23)24)15-2-4-21-22(7-15)35-14-34-21/h2,4,6-13H,14,25H2,1H3. The van der Waals surface area contributed by atoms with E-state index < -0.39 is 10.0 Å². The van der Waals surface area contributed by atoms with Crippen molar-refractivity contribution < 1.29 is 17.9 Å². The van der Waals surface area contributed by atoms with Gasteiger partial charge in [0, 0.05) is 48.6 Å². The van der Waals surface area contributed by atoms with Gasteiger partial charge < -0.3 is 15.2 Å². The van der Waals surface area contributed by atoms with Gasteiger partial charge in [0.25, 0.3) is 0 Å². The van der Waals surface area contributed by atoms with Crippen LogP contribution in [0, 0.1) is 12.1 Å². The number of fused-ring (bicyclic) bond motifs is 3. The first-order chi connectivity index (χ1) is 17.5. The molecule has 0 radical (unpaired) electrons. The first kappa shape index (κ1) is 21.6. The summed E-state index contributed by atoms with van der Waals surface area (Å²) in [6, 6.07) is 13.0. The lowest BCUT2D eigenvalue weighted by Gasteiger charge is -2.07. The molecule has 12 heteroatoms. The van der Waals surface area contributed by atoms with Crippen LogP contribution in [-0.4, -0.2) is 52.0 Å². The number of aliphatic imine (C=N–C) groups is 1. The number of nitrogens with two attached hydrogens (primary N) is 1. The third kappa shape index (κ3) is 3.33. The molecule has 1 aliphatic rings. The van der Waals surface area contributed by atoms with Gasteiger partial charge in [0.15, 0.2) is 22.2 Å². The molecule has 0 fully saturated rings. The van der Waals surface area contributed by atoms with Crippen LogP contribution in [-0.2, 0) is 10.0 Å². The van der Waals surface area contributed by atoms with Crippen molar-refractivity contribution in [2.75, 3.05) is 13.8 Å². The third-order valence-corrected chi connectivity index (χ3v) is 7.25. The summed E-state index contributed by atoms with van der Waals surface area (Å²) in [7, 11) is -2.56. The predicted molar refractivity (Wildman–Crippen MR) is 131 cm³/mol. The molecule has 1 aromatic carbocycles. The molecule has 0 aliphatic carbocycles. The number of nitrogens with zero attached hydrogens (tertiary/aromatic N) is 6. The van der Waals surface area contributed by atoms with E-state index in [0.29, 0.717) is 39.4 Å². The Morgan fingerprint density at radius 1 is 1.14 bits per heavy atom. The van der Waals surface area contributed by atoms with E-state index in [1.54, 1.807) is 43.9 Å². The predicted octanol–water partition coefficient (Wildman–Crippen LogP) is 2.31. The quantitative estimate of drug-likeness (QED) is 0.364. The Balaban J connectivity index is 1.47. The van der Waals surface area contributed by atoms with E-state index in [1.165, 1.54) is 23.0 Å². The number of pyridine rings is 1. The van der Waals surface area contributed by atoms with E-state index in [4.69, 9.17) is 15.2 Å². The van der Waals surface area contributed by atoms with Crippen molar-refractivity contribution in [1.82, 2.24) is 23.6 Å². The molecule has 4 aromatic heterocycles. The molecule has 0 bridgehead atoms. The normalized spacial score (nSPS) is 13.6. The maximum atomic E-state index is 13.7. The van der Waals surface area contributed by atoms with Gasteiger partial charge in [-0.3, -0.25) is 14.4 Å². The van der Waals surface area contributed by atoms with Gasteiger partial charge in [-0.1, -0.05) is 6.07 Å². The second kappa shape index (κ2) is 8.10. The second-order valence-electron chi connectivity index (χ2n) is 7.78. The molecule has 5 heterocycles. The van der Waals surface area contributed by atoms with E-state index in [9.17, 15) is 8.42 Å². The number of aromatic nitrogens is 5. The Morgan fingerprint density at radius 2 is 2.00 bits per heavy atom. The number of imidazole rings is 1. The van der Waals surface area contributed by atoms with Crippen LogP contribution in [0.1, 0.15) is 5.56 Å². The number of allylic oxidation sites excluding steroid dienone is 1. The average molecular weight is 500 g/mol. The Hall–Kier alpha value is -4.89. The van der Waals surface area contributed by atoms with Gasteiger partial charge in [-0.15, -0.1) is 0 Å². The van der Waals surface area contributed by atoms with E-state index in [-0.39, 0.29) is 17.3 Å². The summed E-state index contributed by atoms with van der Waals surface area (Å²) >= 11 is 0. The maximum absolute atomic E-state index is 13.7. The van der Waals surface area contributed by atoms with Crippen LogP contribution in [0.3, 0.4) is 0 Å². The summed E-state index contributed by atoms with van der Waals surface area (Å²) < 4.78 is 40.7. The van der Waals surface area contributed by atoms with Gasteiger partial charge in [-0.2, -0.15) is 17.6 Å². The zero-order chi connectivity index (χ0) is 24.9. The molecular weight excluding hydrogens is 482 g/mol. The SMILES string of the molecule is CN=CC(=CN)c1cnc2cnn(S(=O)(=O)c3cnc4c#cc(-c5ccc6c(c5)OCO6)cn34)c2c1. The zero-order valence-electron chi connectivity index (χ0n) is 18.8. The molecule has 5 aromatic rings. The van der Waals surface area contributed by atoms with Crippen molar-refractivity contribution in [3.63, 3.8) is 0 Å². The maximum Gasteiger partial charge on any atom is 0.301 e. The van der Waals surface area contributed by atoms with Crippen LogP contribution in [0.4, 0.5) is 0 Å². The molecule has 0 atom stereocenters. The zero-order valence-corrected chi connectivity index (χ0v) is 19.6. The highest BCUT2D eigenvalue weighted by atomic mass is 32.2.